The Kier molecular flexibility index (Phi) is 6.15. The number of rotatable bonds is 5. The number of aliphatic imine (C=N–C) groups is 1. The van der Waals surface area contributed by atoms with E-state index in [4.69, 9.17) is 5.73 Å². The van der Waals surface area contributed by atoms with Crippen LogP contribution in [0.2, 0.25) is 0 Å². The first-order chi connectivity index (χ1) is 15.5. The lowest BCUT2D eigenvalue weighted by molar-refractivity contribution is -0.127. The van der Waals surface area contributed by atoms with Gasteiger partial charge in [-0.1, -0.05) is 0 Å². The predicted molar refractivity (Wildman–Crippen MR) is 114 cm³/mol. The topological polar surface area (TPSA) is 115 Å². The number of hydrogen-bond acceptors (Lipinski definition) is 7. The molecular formula is C21H22F2N8O. The van der Waals surface area contributed by atoms with E-state index in [9.17, 15) is 13.6 Å². The Balaban J connectivity index is 1.61. The van der Waals surface area contributed by atoms with Crippen molar-refractivity contribution in [1.82, 2.24) is 29.5 Å². The second kappa shape index (κ2) is 9.16. The lowest BCUT2D eigenvalue weighted by Crippen LogP contribution is -2.40. The van der Waals surface area contributed by atoms with Gasteiger partial charge >= 0.3 is 0 Å². The Morgan fingerprint density at radius 1 is 1.31 bits per heavy atom. The van der Waals surface area contributed by atoms with E-state index in [2.05, 4.69) is 25.0 Å². The van der Waals surface area contributed by atoms with Gasteiger partial charge in [0.25, 0.3) is 12.3 Å². The van der Waals surface area contributed by atoms with E-state index in [1.165, 1.54) is 35.4 Å². The van der Waals surface area contributed by atoms with Crippen molar-refractivity contribution in [2.45, 2.75) is 25.2 Å². The number of nitrogens with two attached hydrogens (primary N) is 1. The quantitative estimate of drug-likeness (QED) is 0.481. The molecule has 1 atom stereocenters. The van der Waals surface area contributed by atoms with Gasteiger partial charge in [-0.3, -0.25) is 9.79 Å². The van der Waals surface area contributed by atoms with Gasteiger partial charge in [-0.15, -0.1) is 0 Å². The molecule has 11 heteroatoms. The molecule has 9 nitrogen and oxygen atoms in total. The number of hydrogen-bond donors (Lipinski definition) is 1. The number of amides is 1. The molecule has 3 aromatic rings. The summed E-state index contributed by atoms with van der Waals surface area (Å²) in [6.45, 7) is 1.10. The minimum absolute atomic E-state index is 0.00388. The Morgan fingerprint density at radius 3 is 2.91 bits per heavy atom. The monoisotopic (exact) mass is 440 g/mol. The largest absolute Gasteiger partial charge is 0.404 e. The van der Waals surface area contributed by atoms with Crippen molar-refractivity contribution >= 4 is 17.8 Å². The van der Waals surface area contributed by atoms with E-state index >= 15 is 0 Å². The molecule has 0 saturated carbocycles. The van der Waals surface area contributed by atoms with Crippen LogP contribution in [0.4, 0.5) is 8.78 Å². The first-order valence-corrected chi connectivity index (χ1v) is 10.1. The van der Waals surface area contributed by atoms with Gasteiger partial charge in [0.2, 0.25) is 0 Å². The highest BCUT2D eigenvalue weighted by Crippen LogP contribution is 2.29. The van der Waals surface area contributed by atoms with Gasteiger partial charge in [0.1, 0.15) is 17.7 Å². The fourth-order valence-corrected chi connectivity index (χ4v) is 3.81. The number of halogens is 2. The van der Waals surface area contributed by atoms with E-state index in [1.807, 2.05) is 0 Å². The van der Waals surface area contributed by atoms with E-state index in [-0.39, 0.29) is 17.5 Å². The number of nitrogens with zero attached hydrogens (tertiary/aromatic N) is 7. The summed E-state index contributed by atoms with van der Waals surface area (Å²) in [6, 6.07) is 4.54. The average molecular weight is 440 g/mol. The number of alkyl halides is 2. The predicted octanol–water partition coefficient (Wildman–Crippen LogP) is 2.37. The van der Waals surface area contributed by atoms with Crippen molar-refractivity contribution in [3.05, 3.63) is 53.9 Å². The maximum absolute atomic E-state index is 13.1. The summed E-state index contributed by atoms with van der Waals surface area (Å²) in [5.41, 5.74) is 7.78. The average Bonchev–Trinajstić information content (AvgIpc) is 3.25. The summed E-state index contributed by atoms with van der Waals surface area (Å²) in [4.78, 5) is 31.3. The first kappa shape index (κ1) is 21.5. The van der Waals surface area contributed by atoms with Gasteiger partial charge in [0.05, 0.1) is 17.5 Å². The van der Waals surface area contributed by atoms with Crippen LogP contribution in [-0.2, 0) is 4.79 Å². The third kappa shape index (κ3) is 4.18. The first-order valence-electron chi connectivity index (χ1n) is 10.1. The molecule has 1 fully saturated rings. The third-order valence-corrected chi connectivity index (χ3v) is 5.38. The summed E-state index contributed by atoms with van der Waals surface area (Å²) in [6.07, 6.45) is 4.65. The number of fused-ring (bicyclic) bond motifs is 1. The number of aromatic nitrogens is 5. The summed E-state index contributed by atoms with van der Waals surface area (Å²) in [5, 5.41) is 4.00. The second-order valence-corrected chi connectivity index (χ2v) is 7.40. The van der Waals surface area contributed by atoms with Crippen molar-refractivity contribution in [3.63, 3.8) is 0 Å². The van der Waals surface area contributed by atoms with Crippen LogP contribution >= 0.6 is 0 Å². The molecule has 1 aliphatic heterocycles. The molecule has 2 N–H and O–H groups in total. The minimum Gasteiger partial charge on any atom is -0.404 e. The molecular weight excluding hydrogens is 418 g/mol. The van der Waals surface area contributed by atoms with Gasteiger partial charge in [-0.25, -0.2) is 28.2 Å². The molecule has 3 aromatic heterocycles. The van der Waals surface area contributed by atoms with Gasteiger partial charge < -0.3 is 10.6 Å². The maximum atomic E-state index is 13.1. The molecule has 1 saturated heterocycles. The lowest BCUT2D eigenvalue weighted by atomic mass is 9.93. The molecule has 0 aromatic carbocycles. The molecule has 32 heavy (non-hydrogen) atoms. The normalized spacial score (nSPS) is 17.6. The number of imidazole rings is 1. The van der Waals surface area contributed by atoms with E-state index in [0.29, 0.717) is 35.7 Å². The Bertz CT molecular complexity index is 1190. The fourth-order valence-electron chi connectivity index (χ4n) is 3.81. The summed E-state index contributed by atoms with van der Waals surface area (Å²) in [7, 11) is 1.58. The fraction of sp³-hybridized carbons (Fsp3) is 0.333. The maximum Gasteiger partial charge on any atom is 0.282 e. The van der Waals surface area contributed by atoms with Crippen LogP contribution < -0.4 is 5.73 Å². The Morgan fingerprint density at radius 2 is 2.16 bits per heavy atom. The van der Waals surface area contributed by atoms with Crippen molar-refractivity contribution in [2.75, 3.05) is 20.1 Å². The van der Waals surface area contributed by atoms with Crippen LogP contribution in [0.1, 0.15) is 36.6 Å². The smallest absolute Gasteiger partial charge is 0.282 e. The highest BCUT2D eigenvalue weighted by molar-refractivity contribution is 6.12. The van der Waals surface area contributed by atoms with Crippen LogP contribution in [0, 0.1) is 0 Å². The number of carbonyl (C=O) groups is 1. The zero-order chi connectivity index (χ0) is 22.7. The van der Waals surface area contributed by atoms with E-state index < -0.39 is 6.43 Å². The molecule has 0 radical (unpaired) electrons. The van der Waals surface area contributed by atoms with Crippen LogP contribution in [0.25, 0.3) is 17.0 Å². The molecule has 4 rings (SSSR count). The molecule has 1 amide bonds. The molecule has 1 unspecified atom stereocenters. The molecule has 0 aliphatic carbocycles. The summed E-state index contributed by atoms with van der Waals surface area (Å²) in [5.74, 6) is -0.182. The molecule has 1 aliphatic rings. The van der Waals surface area contributed by atoms with E-state index in [1.54, 1.807) is 24.2 Å². The van der Waals surface area contributed by atoms with Crippen molar-refractivity contribution in [2.24, 2.45) is 10.7 Å². The highest BCUT2D eigenvalue weighted by atomic mass is 19.3. The molecule has 4 heterocycles. The number of carbonyl (C=O) groups excluding carboxylic acids is 1. The van der Waals surface area contributed by atoms with Gasteiger partial charge in [0, 0.05) is 44.2 Å². The highest BCUT2D eigenvalue weighted by Gasteiger charge is 2.27. The molecule has 0 bridgehead atoms. The number of likely N-dealkylation sites (tertiary alicyclic amines) is 1. The SMILES string of the molecule is CN=CC(=CN)C(=O)N1CCCC(c2cc(-c3cnc4ccc(C(F)F)nn34)ncn2)C1. The zero-order valence-electron chi connectivity index (χ0n) is 17.4. The molecule has 0 spiro atoms. The van der Waals surface area contributed by atoms with Crippen LogP contribution in [0.15, 0.2) is 47.5 Å². The van der Waals surface area contributed by atoms with Gasteiger partial charge in [0.15, 0.2) is 5.65 Å². The van der Waals surface area contributed by atoms with Gasteiger partial charge in [-0.2, -0.15) is 5.10 Å². The minimum atomic E-state index is -2.69. The van der Waals surface area contributed by atoms with Crippen LogP contribution in [0.5, 0.6) is 0 Å². The molecule has 166 valence electrons. The standard InChI is InChI=1S/C21H22F2N8O/c1-25-9-14(8-24)21(32)30-6-2-3-13(11-30)16-7-17(28-12-27-16)18-10-26-19-5-4-15(20(22)23)29-31(18)19/h4-5,7-10,12-13,20H,2-3,6,11,24H2,1H3. The zero-order valence-corrected chi connectivity index (χ0v) is 17.4. The summed E-state index contributed by atoms with van der Waals surface area (Å²) >= 11 is 0. The van der Waals surface area contributed by atoms with E-state index in [0.717, 1.165) is 18.5 Å². The van der Waals surface area contributed by atoms with Crippen LogP contribution in [0.3, 0.4) is 0 Å². The lowest BCUT2D eigenvalue weighted by Gasteiger charge is -2.32. The number of piperidine rings is 1. The van der Waals surface area contributed by atoms with Crippen LogP contribution in [-0.4, -0.2) is 61.7 Å². The third-order valence-electron chi connectivity index (χ3n) is 5.38. The second-order valence-electron chi connectivity index (χ2n) is 7.40. The van der Waals surface area contributed by atoms with Crippen molar-refractivity contribution in [1.29, 1.82) is 0 Å². The van der Waals surface area contributed by atoms with Gasteiger partial charge in [-0.05, 0) is 31.0 Å². The summed E-state index contributed by atoms with van der Waals surface area (Å²) < 4.78 is 27.6. The van der Waals surface area contributed by atoms with Crippen molar-refractivity contribution in [3.8, 4) is 11.4 Å². The Hall–Kier alpha value is -3.76. The van der Waals surface area contributed by atoms with Crippen molar-refractivity contribution < 1.29 is 13.6 Å². The Labute approximate surface area is 182 Å².